The van der Waals surface area contributed by atoms with Gasteiger partial charge in [-0.1, -0.05) is 24.3 Å². The molecule has 166 valence electrons. The summed E-state index contributed by atoms with van der Waals surface area (Å²) >= 11 is 0. The van der Waals surface area contributed by atoms with E-state index in [1.54, 1.807) is 30.5 Å². The van der Waals surface area contributed by atoms with E-state index in [1.165, 1.54) is 29.6 Å². The first-order valence-electron chi connectivity index (χ1n) is 9.92. The molecule has 0 aliphatic heterocycles. The van der Waals surface area contributed by atoms with Crippen LogP contribution < -0.4 is 10.5 Å². The van der Waals surface area contributed by atoms with Gasteiger partial charge in [0.2, 0.25) is 5.95 Å². The van der Waals surface area contributed by atoms with E-state index >= 15 is 4.39 Å². The Hall–Kier alpha value is -3.59. The summed E-state index contributed by atoms with van der Waals surface area (Å²) in [6.45, 7) is 1.14. The molecule has 2 heterocycles. The highest BCUT2D eigenvalue weighted by atomic mass is 19.1. The molecular weight excluding hydrogens is 421 g/mol. The number of hydrogen-bond acceptors (Lipinski definition) is 5. The van der Waals surface area contributed by atoms with Crippen LogP contribution in [0.3, 0.4) is 0 Å². The van der Waals surface area contributed by atoms with E-state index in [4.69, 9.17) is 10.5 Å². The molecule has 4 rings (SSSR count). The molecule has 0 saturated heterocycles. The first-order chi connectivity index (χ1) is 15.3. The average Bonchev–Trinajstić information content (AvgIpc) is 3.14. The molecule has 0 amide bonds. The Labute approximate surface area is 182 Å². The van der Waals surface area contributed by atoms with Crippen molar-refractivity contribution in [2.24, 2.45) is 0 Å². The molecular formula is C23H21F3N4O2. The number of ether oxygens (including phenoxy) is 1. The van der Waals surface area contributed by atoms with Gasteiger partial charge >= 0.3 is 0 Å². The summed E-state index contributed by atoms with van der Waals surface area (Å²) in [6.07, 6.45) is -0.286. The van der Waals surface area contributed by atoms with Crippen LogP contribution in [0.15, 0.2) is 60.8 Å². The first-order valence-corrected chi connectivity index (χ1v) is 9.92. The zero-order valence-electron chi connectivity index (χ0n) is 17.2. The Morgan fingerprint density at radius 1 is 1.16 bits per heavy atom. The van der Waals surface area contributed by atoms with Gasteiger partial charge in [0.25, 0.3) is 0 Å². The number of alkyl halides is 1. The lowest BCUT2D eigenvalue weighted by Gasteiger charge is -2.28. The number of nitrogen functional groups attached to an aromatic ring is 1. The standard InChI is InChI=1S/C23H21F3N4O2/c1-23(31,15-5-7-16(24)8-6-15)19(25)10-12-32-18-4-2-3-17(21(18)26)14-9-11-30-20(13-14)28-22(27)29-30/h2-9,11,13,19,31H,10,12H2,1H3,(H2,27,29). The van der Waals surface area contributed by atoms with Gasteiger partial charge < -0.3 is 15.6 Å². The minimum atomic E-state index is -1.84. The fourth-order valence-electron chi connectivity index (χ4n) is 3.43. The number of nitrogens with zero attached hydrogens (tertiary/aromatic N) is 3. The zero-order valence-corrected chi connectivity index (χ0v) is 17.2. The van der Waals surface area contributed by atoms with Gasteiger partial charge in [0.15, 0.2) is 17.2 Å². The second-order valence-electron chi connectivity index (χ2n) is 7.56. The molecule has 2 aromatic heterocycles. The molecule has 0 fully saturated rings. The molecule has 0 aliphatic rings. The number of halogens is 3. The van der Waals surface area contributed by atoms with Crippen LogP contribution in [-0.2, 0) is 5.60 Å². The van der Waals surface area contributed by atoms with Gasteiger partial charge in [-0.15, -0.1) is 5.10 Å². The maximum Gasteiger partial charge on any atom is 0.240 e. The average molecular weight is 442 g/mol. The van der Waals surface area contributed by atoms with Crippen LogP contribution in [0.2, 0.25) is 0 Å². The van der Waals surface area contributed by atoms with Gasteiger partial charge in [0.1, 0.15) is 17.6 Å². The van der Waals surface area contributed by atoms with Crippen molar-refractivity contribution < 1.29 is 23.0 Å². The van der Waals surface area contributed by atoms with Crippen LogP contribution in [0.4, 0.5) is 19.1 Å². The van der Waals surface area contributed by atoms with Crippen molar-refractivity contribution in [1.82, 2.24) is 14.6 Å². The Bertz CT molecular complexity index is 1240. The molecule has 9 heteroatoms. The summed E-state index contributed by atoms with van der Waals surface area (Å²) in [6, 6.07) is 12.9. The molecule has 0 radical (unpaired) electrons. The van der Waals surface area contributed by atoms with Crippen LogP contribution in [0.1, 0.15) is 18.9 Å². The number of pyridine rings is 1. The summed E-state index contributed by atoms with van der Waals surface area (Å²) in [4.78, 5) is 4.06. The summed E-state index contributed by atoms with van der Waals surface area (Å²) in [5.41, 5.74) is 5.28. The van der Waals surface area contributed by atoms with Gasteiger partial charge in [-0.25, -0.2) is 17.7 Å². The zero-order chi connectivity index (χ0) is 22.9. The maximum absolute atomic E-state index is 15.1. The van der Waals surface area contributed by atoms with Crippen molar-refractivity contribution in [2.75, 3.05) is 12.3 Å². The van der Waals surface area contributed by atoms with E-state index in [-0.39, 0.29) is 35.9 Å². The van der Waals surface area contributed by atoms with Crippen LogP contribution in [0.5, 0.6) is 5.75 Å². The Balaban J connectivity index is 1.46. The predicted molar refractivity (Wildman–Crippen MR) is 114 cm³/mol. The van der Waals surface area contributed by atoms with Crippen molar-refractivity contribution in [1.29, 1.82) is 0 Å². The number of hydrogen-bond donors (Lipinski definition) is 2. The number of nitrogens with two attached hydrogens (primary N) is 1. The maximum atomic E-state index is 15.1. The van der Waals surface area contributed by atoms with Crippen molar-refractivity contribution in [2.45, 2.75) is 25.1 Å². The van der Waals surface area contributed by atoms with E-state index in [0.29, 0.717) is 11.2 Å². The van der Waals surface area contributed by atoms with E-state index in [0.717, 1.165) is 12.1 Å². The number of aromatic nitrogens is 3. The van der Waals surface area contributed by atoms with Gasteiger partial charge in [-0.05, 0) is 48.4 Å². The van der Waals surface area contributed by atoms with Crippen molar-refractivity contribution in [3.8, 4) is 16.9 Å². The van der Waals surface area contributed by atoms with Gasteiger partial charge in [-0.2, -0.15) is 4.98 Å². The fraction of sp³-hybridized carbons (Fsp3) is 0.217. The predicted octanol–water partition coefficient (Wildman–Crippen LogP) is 4.27. The molecule has 2 aromatic carbocycles. The number of rotatable bonds is 7. The van der Waals surface area contributed by atoms with E-state index < -0.39 is 23.4 Å². The molecule has 3 N–H and O–H groups in total. The minimum absolute atomic E-state index is 0.0445. The highest BCUT2D eigenvalue weighted by Gasteiger charge is 2.34. The molecule has 0 aliphatic carbocycles. The molecule has 0 saturated carbocycles. The van der Waals surface area contributed by atoms with E-state index in [2.05, 4.69) is 10.1 Å². The first kappa shape index (κ1) is 21.6. The summed E-state index contributed by atoms with van der Waals surface area (Å²) < 4.78 is 49.8. The SMILES string of the molecule is CC(O)(c1ccc(F)cc1)C(F)CCOc1cccc(-c2ccn3nc(N)nc3c2)c1F. The van der Waals surface area contributed by atoms with Crippen LogP contribution >= 0.6 is 0 Å². The monoisotopic (exact) mass is 442 g/mol. The van der Waals surface area contributed by atoms with Gasteiger partial charge in [-0.3, -0.25) is 0 Å². The third-order valence-electron chi connectivity index (χ3n) is 5.30. The lowest BCUT2D eigenvalue weighted by atomic mass is 9.89. The molecule has 32 heavy (non-hydrogen) atoms. The molecule has 0 spiro atoms. The second-order valence-corrected chi connectivity index (χ2v) is 7.56. The Morgan fingerprint density at radius 2 is 1.91 bits per heavy atom. The van der Waals surface area contributed by atoms with Crippen LogP contribution in [0, 0.1) is 11.6 Å². The second kappa shape index (κ2) is 8.51. The summed E-state index contributed by atoms with van der Waals surface area (Å²) in [5.74, 6) is -1.02. The van der Waals surface area contributed by atoms with Crippen LogP contribution in [0.25, 0.3) is 16.8 Å². The lowest BCUT2D eigenvalue weighted by molar-refractivity contribution is -0.0323. The highest BCUT2D eigenvalue weighted by Crippen LogP contribution is 2.32. The largest absolute Gasteiger partial charge is 0.490 e. The number of benzene rings is 2. The fourth-order valence-corrected chi connectivity index (χ4v) is 3.43. The van der Waals surface area contributed by atoms with Crippen LogP contribution in [-0.4, -0.2) is 32.5 Å². The minimum Gasteiger partial charge on any atom is -0.490 e. The molecule has 6 nitrogen and oxygen atoms in total. The Morgan fingerprint density at radius 3 is 2.66 bits per heavy atom. The van der Waals surface area contributed by atoms with Gasteiger partial charge in [0.05, 0.1) is 6.61 Å². The van der Waals surface area contributed by atoms with Gasteiger partial charge in [0, 0.05) is 18.2 Å². The van der Waals surface area contributed by atoms with E-state index in [1.807, 2.05) is 0 Å². The Kier molecular flexibility index (Phi) is 5.75. The topological polar surface area (TPSA) is 85.7 Å². The molecule has 2 atom stereocenters. The lowest BCUT2D eigenvalue weighted by Crippen LogP contribution is -2.34. The van der Waals surface area contributed by atoms with Crippen molar-refractivity contribution >= 4 is 11.6 Å². The molecule has 2 unspecified atom stereocenters. The van der Waals surface area contributed by atoms with Crippen molar-refractivity contribution in [3.63, 3.8) is 0 Å². The molecule has 4 aromatic rings. The van der Waals surface area contributed by atoms with E-state index in [9.17, 15) is 13.9 Å². The smallest absolute Gasteiger partial charge is 0.240 e. The quantitative estimate of drug-likeness (QED) is 0.447. The normalized spacial score (nSPS) is 14.3. The number of aliphatic hydroxyl groups is 1. The molecule has 0 bridgehead atoms. The highest BCUT2D eigenvalue weighted by molar-refractivity contribution is 5.69. The summed E-state index contributed by atoms with van der Waals surface area (Å²) in [7, 11) is 0. The summed E-state index contributed by atoms with van der Waals surface area (Å²) in [5, 5.41) is 14.5. The van der Waals surface area contributed by atoms with Crippen molar-refractivity contribution in [3.05, 3.63) is 78.0 Å². The third kappa shape index (κ3) is 4.24. The third-order valence-corrected chi connectivity index (χ3v) is 5.30. The number of fused-ring (bicyclic) bond motifs is 1. The number of anilines is 1.